The Kier molecular flexibility index (Phi) is 5.72. The van der Waals surface area contributed by atoms with Crippen LogP contribution < -0.4 is 15.4 Å². The molecule has 3 aromatic rings. The van der Waals surface area contributed by atoms with Crippen LogP contribution in [0.2, 0.25) is 5.02 Å². The molecule has 8 heteroatoms. The summed E-state index contributed by atoms with van der Waals surface area (Å²) < 4.78 is 7.55. The normalized spacial score (nSPS) is 13.9. The Hall–Kier alpha value is -3.32. The third-order valence-corrected chi connectivity index (χ3v) is 5.22. The van der Waals surface area contributed by atoms with Gasteiger partial charge in [0.15, 0.2) is 6.61 Å². The maximum Gasteiger partial charge on any atom is 0.258 e. The van der Waals surface area contributed by atoms with Gasteiger partial charge in [-0.1, -0.05) is 23.7 Å². The first kappa shape index (κ1) is 20.0. The van der Waals surface area contributed by atoms with Gasteiger partial charge in [-0.25, -0.2) is 4.98 Å². The number of nitrogens with zero attached hydrogens (tertiary/aromatic N) is 2. The first-order valence-electron chi connectivity index (χ1n) is 9.57. The zero-order valence-electron chi connectivity index (χ0n) is 16.4. The minimum Gasteiger partial charge on any atom is -0.484 e. The molecule has 0 saturated carbocycles. The van der Waals surface area contributed by atoms with E-state index in [4.69, 9.17) is 16.3 Å². The highest BCUT2D eigenvalue weighted by atomic mass is 35.5. The predicted molar refractivity (Wildman–Crippen MR) is 114 cm³/mol. The number of nitrogens with one attached hydrogen (secondary N) is 2. The van der Waals surface area contributed by atoms with Gasteiger partial charge in [0.25, 0.3) is 5.91 Å². The van der Waals surface area contributed by atoms with Crippen molar-refractivity contribution >= 4 is 29.1 Å². The number of anilines is 1. The molecule has 1 atom stereocenters. The summed E-state index contributed by atoms with van der Waals surface area (Å²) in [6.07, 6.45) is 4.62. The fourth-order valence-corrected chi connectivity index (χ4v) is 3.53. The molecule has 2 amide bonds. The lowest BCUT2D eigenvalue weighted by atomic mass is 10.0. The van der Waals surface area contributed by atoms with Crippen LogP contribution in [0, 0.1) is 0 Å². The van der Waals surface area contributed by atoms with Crippen molar-refractivity contribution in [1.82, 2.24) is 14.9 Å². The summed E-state index contributed by atoms with van der Waals surface area (Å²) in [4.78, 5) is 28.5. The molecule has 1 aliphatic rings. The summed E-state index contributed by atoms with van der Waals surface area (Å²) in [6, 6.07) is 12.2. The number of benzene rings is 2. The van der Waals surface area contributed by atoms with Crippen molar-refractivity contribution in [3.63, 3.8) is 0 Å². The highest BCUT2D eigenvalue weighted by Gasteiger charge is 2.21. The Morgan fingerprint density at radius 2 is 2.07 bits per heavy atom. The number of carbonyl (C=O) groups excluding carboxylic acids is 2. The Morgan fingerprint density at radius 1 is 1.27 bits per heavy atom. The SMILES string of the molecule is Cn1ccnc1[C@@H](NC(=O)COc1ccc2c(c1)CCC(=O)N2)c1ccc(Cl)cc1. The van der Waals surface area contributed by atoms with Crippen LogP contribution in [-0.4, -0.2) is 28.0 Å². The van der Waals surface area contributed by atoms with Crippen LogP contribution in [0.15, 0.2) is 54.9 Å². The van der Waals surface area contributed by atoms with E-state index in [1.54, 1.807) is 30.5 Å². The summed E-state index contributed by atoms with van der Waals surface area (Å²) in [7, 11) is 1.87. The van der Waals surface area contributed by atoms with Crippen LogP contribution in [0.4, 0.5) is 5.69 Å². The monoisotopic (exact) mass is 424 g/mol. The largest absolute Gasteiger partial charge is 0.484 e. The van der Waals surface area contributed by atoms with Crippen molar-refractivity contribution in [3.8, 4) is 5.75 Å². The lowest BCUT2D eigenvalue weighted by Gasteiger charge is -2.20. The van der Waals surface area contributed by atoms with E-state index in [-0.39, 0.29) is 18.4 Å². The number of carbonyl (C=O) groups is 2. The number of hydrogen-bond acceptors (Lipinski definition) is 4. The summed E-state index contributed by atoms with van der Waals surface area (Å²) >= 11 is 6.00. The first-order valence-corrected chi connectivity index (χ1v) is 9.95. The van der Waals surface area contributed by atoms with Gasteiger partial charge in [0.05, 0.1) is 0 Å². The topological polar surface area (TPSA) is 85.2 Å². The highest BCUT2D eigenvalue weighted by Crippen LogP contribution is 2.27. The quantitative estimate of drug-likeness (QED) is 0.636. The number of ether oxygens (including phenoxy) is 1. The minimum atomic E-state index is -0.433. The lowest BCUT2D eigenvalue weighted by Crippen LogP contribution is -2.34. The van der Waals surface area contributed by atoms with Gasteiger partial charge in [0, 0.05) is 36.6 Å². The number of hydrogen-bond donors (Lipinski definition) is 2. The third-order valence-electron chi connectivity index (χ3n) is 4.97. The molecule has 0 spiro atoms. The molecule has 154 valence electrons. The molecule has 2 N–H and O–H groups in total. The number of aryl methyl sites for hydroxylation is 2. The van der Waals surface area contributed by atoms with E-state index >= 15 is 0 Å². The Bertz CT molecular complexity index is 1080. The molecule has 2 aromatic carbocycles. The summed E-state index contributed by atoms with van der Waals surface area (Å²) in [5.41, 5.74) is 2.66. The molecule has 0 saturated heterocycles. The van der Waals surface area contributed by atoms with Gasteiger partial charge in [-0.15, -0.1) is 0 Å². The van der Waals surface area contributed by atoms with Gasteiger partial charge in [-0.3, -0.25) is 9.59 Å². The molecule has 30 heavy (non-hydrogen) atoms. The van der Waals surface area contributed by atoms with Crippen molar-refractivity contribution in [2.24, 2.45) is 7.05 Å². The summed E-state index contributed by atoms with van der Waals surface area (Å²) in [5, 5.41) is 6.44. The van der Waals surface area contributed by atoms with Gasteiger partial charge in [-0.2, -0.15) is 0 Å². The molecule has 1 aliphatic heterocycles. The predicted octanol–water partition coefficient (Wildman–Crippen LogP) is 3.24. The molecule has 0 aliphatic carbocycles. The Labute approximate surface area is 179 Å². The fraction of sp³-hybridized carbons (Fsp3) is 0.227. The average molecular weight is 425 g/mol. The molecule has 1 aromatic heterocycles. The second kappa shape index (κ2) is 8.59. The lowest BCUT2D eigenvalue weighted by molar-refractivity contribution is -0.123. The molecule has 0 fully saturated rings. The molecular formula is C22H21ClN4O3. The van der Waals surface area contributed by atoms with E-state index < -0.39 is 6.04 Å². The summed E-state index contributed by atoms with van der Waals surface area (Å²) in [5.74, 6) is 1.03. The molecule has 4 rings (SSSR count). The average Bonchev–Trinajstić information content (AvgIpc) is 3.17. The van der Waals surface area contributed by atoms with Crippen LogP contribution in [0.1, 0.15) is 29.4 Å². The van der Waals surface area contributed by atoms with Crippen molar-refractivity contribution in [2.75, 3.05) is 11.9 Å². The van der Waals surface area contributed by atoms with Crippen LogP contribution in [0.3, 0.4) is 0 Å². The van der Waals surface area contributed by atoms with Crippen LogP contribution >= 0.6 is 11.6 Å². The molecule has 2 heterocycles. The van der Waals surface area contributed by atoms with Crippen LogP contribution in [0.5, 0.6) is 5.75 Å². The van der Waals surface area contributed by atoms with Crippen molar-refractivity contribution in [1.29, 1.82) is 0 Å². The number of rotatable bonds is 6. The van der Waals surface area contributed by atoms with Gasteiger partial charge in [-0.05, 0) is 47.9 Å². The number of fused-ring (bicyclic) bond motifs is 1. The molecule has 0 unspecified atom stereocenters. The van der Waals surface area contributed by atoms with Crippen molar-refractivity contribution < 1.29 is 14.3 Å². The van der Waals surface area contributed by atoms with E-state index in [1.165, 1.54) is 0 Å². The maximum absolute atomic E-state index is 12.6. The van der Waals surface area contributed by atoms with E-state index in [9.17, 15) is 9.59 Å². The van der Waals surface area contributed by atoms with Crippen LogP contribution in [0.25, 0.3) is 0 Å². The standard InChI is InChI=1S/C22H21ClN4O3/c1-27-11-10-24-22(27)21(14-2-5-16(23)6-3-14)26-20(29)13-30-17-7-8-18-15(12-17)4-9-19(28)25-18/h2-3,5-8,10-12,21H,4,9,13H2,1H3,(H,25,28)(H,26,29)/t21-/m0/s1. The molecular weight excluding hydrogens is 404 g/mol. The van der Waals surface area contributed by atoms with Gasteiger partial charge < -0.3 is 19.9 Å². The number of amides is 2. The zero-order valence-corrected chi connectivity index (χ0v) is 17.1. The fourth-order valence-electron chi connectivity index (χ4n) is 3.41. The second-order valence-electron chi connectivity index (χ2n) is 7.10. The molecule has 0 bridgehead atoms. The van der Waals surface area contributed by atoms with Crippen molar-refractivity contribution in [2.45, 2.75) is 18.9 Å². The van der Waals surface area contributed by atoms with Crippen LogP contribution in [-0.2, 0) is 23.1 Å². The third kappa shape index (κ3) is 4.46. The smallest absolute Gasteiger partial charge is 0.258 e. The minimum absolute atomic E-state index is 0.0121. The number of halogens is 1. The van der Waals surface area contributed by atoms with E-state index in [2.05, 4.69) is 15.6 Å². The van der Waals surface area contributed by atoms with Crippen molar-refractivity contribution in [3.05, 3.63) is 76.8 Å². The van der Waals surface area contributed by atoms with Gasteiger partial charge >= 0.3 is 0 Å². The second-order valence-corrected chi connectivity index (χ2v) is 7.54. The molecule has 7 nitrogen and oxygen atoms in total. The first-order chi connectivity index (χ1) is 14.5. The Morgan fingerprint density at radius 3 is 2.80 bits per heavy atom. The molecule has 0 radical (unpaired) electrons. The van der Waals surface area contributed by atoms with Gasteiger partial charge in [0.2, 0.25) is 5.91 Å². The van der Waals surface area contributed by atoms with E-state index in [1.807, 2.05) is 36.0 Å². The Balaban J connectivity index is 1.45. The highest BCUT2D eigenvalue weighted by molar-refractivity contribution is 6.30. The van der Waals surface area contributed by atoms with E-state index in [0.717, 1.165) is 16.8 Å². The van der Waals surface area contributed by atoms with Gasteiger partial charge in [0.1, 0.15) is 17.6 Å². The maximum atomic E-state index is 12.6. The van der Waals surface area contributed by atoms with E-state index in [0.29, 0.717) is 29.4 Å². The number of imidazole rings is 1. The number of aromatic nitrogens is 2. The summed E-state index contributed by atoms with van der Waals surface area (Å²) in [6.45, 7) is -0.139. The zero-order chi connectivity index (χ0) is 21.1.